The van der Waals surface area contributed by atoms with E-state index in [0.29, 0.717) is 25.3 Å². The maximum absolute atomic E-state index is 13.3. The number of nitrogens with two attached hydrogens (primary N) is 1. The van der Waals surface area contributed by atoms with Crippen LogP contribution in [0.5, 0.6) is 0 Å². The lowest BCUT2D eigenvalue weighted by Crippen LogP contribution is -2.70. The van der Waals surface area contributed by atoms with Crippen molar-refractivity contribution in [3.63, 3.8) is 0 Å². The first-order valence-corrected chi connectivity index (χ1v) is 10.6. The minimum Gasteiger partial charge on any atom is -0.384 e. The van der Waals surface area contributed by atoms with E-state index in [0.717, 1.165) is 23.3 Å². The second-order valence-electron chi connectivity index (χ2n) is 8.15. The Bertz CT molecular complexity index is 980. The number of benzene rings is 1. The first-order chi connectivity index (χ1) is 15.0. The van der Waals surface area contributed by atoms with Crippen LogP contribution in [0.2, 0.25) is 0 Å². The van der Waals surface area contributed by atoms with Crippen LogP contribution >= 0.6 is 0 Å². The van der Waals surface area contributed by atoms with Crippen LogP contribution in [0.3, 0.4) is 0 Å². The molecule has 0 unspecified atom stereocenters. The molecular formula is C23H27N5O3. The monoisotopic (exact) mass is 421 g/mol. The van der Waals surface area contributed by atoms with Crippen LogP contribution < -0.4 is 11.1 Å². The van der Waals surface area contributed by atoms with Gasteiger partial charge in [0.15, 0.2) is 0 Å². The summed E-state index contributed by atoms with van der Waals surface area (Å²) in [5.41, 5.74) is 7.74. The lowest BCUT2D eigenvalue weighted by atomic mass is 9.82. The van der Waals surface area contributed by atoms with Crippen molar-refractivity contribution in [2.45, 2.75) is 31.2 Å². The highest BCUT2D eigenvalue weighted by Gasteiger charge is 2.55. The van der Waals surface area contributed by atoms with Crippen LogP contribution in [0.15, 0.2) is 48.7 Å². The number of rotatable bonds is 4. The topological polar surface area (TPSA) is 109 Å². The normalized spacial score (nSPS) is 23.3. The molecule has 4 rings (SSSR count). The molecule has 162 valence electrons. The van der Waals surface area contributed by atoms with Gasteiger partial charge >= 0.3 is 6.03 Å². The number of nitrogens with zero attached hydrogens (tertiary/aromatic N) is 3. The largest absolute Gasteiger partial charge is 0.384 e. The van der Waals surface area contributed by atoms with Crippen LogP contribution in [0.25, 0.3) is 0 Å². The van der Waals surface area contributed by atoms with E-state index in [2.05, 4.69) is 22.4 Å². The molecule has 8 nitrogen and oxygen atoms in total. The Labute approximate surface area is 181 Å². The molecule has 8 heteroatoms. The number of carbonyl (C=O) groups excluding carboxylic acids is 3. The van der Waals surface area contributed by atoms with E-state index in [1.54, 1.807) is 23.2 Å². The highest BCUT2D eigenvalue weighted by atomic mass is 16.2. The number of aromatic nitrogens is 1. The van der Waals surface area contributed by atoms with E-state index in [-0.39, 0.29) is 23.8 Å². The van der Waals surface area contributed by atoms with Crippen molar-refractivity contribution in [2.75, 3.05) is 25.9 Å². The van der Waals surface area contributed by atoms with Crippen LogP contribution in [0, 0.1) is 5.92 Å². The Morgan fingerprint density at radius 1 is 1.23 bits per heavy atom. The number of carbonyl (C=O) groups is 3. The second-order valence-corrected chi connectivity index (χ2v) is 8.15. The van der Waals surface area contributed by atoms with E-state index < -0.39 is 12.0 Å². The Morgan fingerprint density at radius 2 is 2.00 bits per heavy atom. The zero-order chi connectivity index (χ0) is 22.0. The number of likely N-dealkylation sites (N-methyl/N-ethyl adjacent to an activating group) is 1. The van der Waals surface area contributed by atoms with E-state index >= 15 is 0 Å². The lowest BCUT2D eigenvalue weighted by molar-refractivity contribution is -0.158. The Balaban J connectivity index is 1.50. The molecule has 3 atom stereocenters. The maximum atomic E-state index is 13.3. The molecule has 0 saturated carbocycles. The van der Waals surface area contributed by atoms with Gasteiger partial charge in [-0.2, -0.15) is 0 Å². The van der Waals surface area contributed by atoms with Crippen molar-refractivity contribution in [1.29, 1.82) is 0 Å². The van der Waals surface area contributed by atoms with Crippen LogP contribution in [-0.2, 0) is 16.0 Å². The van der Waals surface area contributed by atoms with Gasteiger partial charge in [-0.3, -0.25) is 14.5 Å². The minimum atomic E-state index is -0.823. The van der Waals surface area contributed by atoms with Gasteiger partial charge in [0.2, 0.25) is 11.8 Å². The van der Waals surface area contributed by atoms with Crippen molar-refractivity contribution >= 4 is 23.7 Å². The van der Waals surface area contributed by atoms with E-state index in [1.807, 2.05) is 18.2 Å². The molecular weight excluding hydrogens is 394 g/mol. The van der Waals surface area contributed by atoms with Crippen LogP contribution in [0.4, 0.5) is 10.6 Å². The molecule has 2 aliphatic heterocycles. The molecule has 2 aliphatic rings. The lowest BCUT2D eigenvalue weighted by Gasteiger charge is -2.47. The van der Waals surface area contributed by atoms with Gasteiger partial charge < -0.3 is 16.0 Å². The van der Waals surface area contributed by atoms with Crippen LogP contribution in [-0.4, -0.2) is 58.8 Å². The number of hydrogen-bond donors (Lipinski definition) is 2. The molecule has 1 aromatic carbocycles. The standard InChI is InChI=1S/C23H27N5O3/c1-25-21(29)20-18(12-15-9-10-26-19(24)13-15)22(30)28(20)23(31)27-11-5-8-17(14-27)16-6-3-2-4-7-16/h2-4,6-7,9-10,13,17-18,20H,5,8,11-12,14H2,1H3,(H2,24,26)(H,25,29)/t17-,18-,20+/m1/s1. The van der Waals surface area contributed by atoms with E-state index in [1.165, 1.54) is 12.6 Å². The summed E-state index contributed by atoms with van der Waals surface area (Å²) in [5.74, 6) is -0.675. The smallest absolute Gasteiger partial charge is 0.327 e. The van der Waals surface area contributed by atoms with Crippen molar-refractivity contribution in [1.82, 2.24) is 20.1 Å². The molecule has 0 spiro atoms. The molecule has 2 fully saturated rings. The predicted octanol–water partition coefficient (Wildman–Crippen LogP) is 1.78. The van der Waals surface area contributed by atoms with Crippen molar-refractivity contribution in [3.05, 3.63) is 59.8 Å². The predicted molar refractivity (Wildman–Crippen MR) is 116 cm³/mol. The van der Waals surface area contributed by atoms with E-state index in [9.17, 15) is 14.4 Å². The summed E-state index contributed by atoms with van der Waals surface area (Å²) in [6.45, 7) is 1.12. The molecule has 0 bridgehead atoms. The Hall–Kier alpha value is -3.42. The fourth-order valence-electron chi connectivity index (χ4n) is 4.58. The second kappa shape index (κ2) is 8.75. The fourth-order valence-corrected chi connectivity index (χ4v) is 4.58. The number of nitrogen functional groups attached to an aromatic ring is 1. The molecule has 3 heterocycles. The molecule has 3 N–H and O–H groups in total. The summed E-state index contributed by atoms with van der Waals surface area (Å²) in [6.07, 6.45) is 3.76. The highest BCUT2D eigenvalue weighted by molar-refractivity contribution is 6.09. The molecule has 1 aromatic heterocycles. The van der Waals surface area contributed by atoms with Gasteiger partial charge in [-0.05, 0) is 42.5 Å². The summed E-state index contributed by atoms with van der Waals surface area (Å²) in [4.78, 5) is 45.6. The summed E-state index contributed by atoms with van der Waals surface area (Å²) >= 11 is 0. The number of hydrogen-bond acceptors (Lipinski definition) is 5. The molecule has 0 aliphatic carbocycles. The first-order valence-electron chi connectivity index (χ1n) is 10.6. The van der Waals surface area contributed by atoms with Crippen LogP contribution in [0.1, 0.15) is 29.9 Å². The number of pyridine rings is 1. The van der Waals surface area contributed by atoms with Gasteiger partial charge in [0.05, 0.1) is 5.92 Å². The Kier molecular flexibility index (Phi) is 5.88. The first kappa shape index (κ1) is 20.8. The SMILES string of the molecule is CNC(=O)[C@@H]1[C@@H](Cc2ccnc(N)c2)C(=O)N1C(=O)N1CCC[C@@H](c2ccccc2)C1. The van der Waals surface area contributed by atoms with Crippen molar-refractivity contribution < 1.29 is 14.4 Å². The average Bonchev–Trinajstić information content (AvgIpc) is 2.80. The number of β-lactam (4-membered cyclic amide) rings is 1. The quantitative estimate of drug-likeness (QED) is 0.732. The summed E-state index contributed by atoms with van der Waals surface area (Å²) in [5, 5.41) is 2.60. The zero-order valence-electron chi connectivity index (χ0n) is 17.5. The van der Waals surface area contributed by atoms with Crippen molar-refractivity contribution in [2.24, 2.45) is 5.92 Å². The molecule has 2 aromatic rings. The molecule has 4 amide bonds. The van der Waals surface area contributed by atoms with E-state index in [4.69, 9.17) is 5.73 Å². The molecule has 31 heavy (non-hydrogen) atoms. The number of amides is 4. The third-order valence-corrected chi connectivity index (χ3v) is 6.20. The minimum absolute atomic E-state index is 0.226. The fraction of sp³-hybridized carbons (Fsp3) is 0.391. The van der Waals surface area contributed by atoms with Gasteiger partial charge in [-0.15, -0.1) is 0 Å². The summed E-state index contributed by atoms with van der Waals surface area (Å²) in [7, 11) is 1.52. The average molecular weight is 422 g/mol. The molecule has 2 saturated heterocycles. The number of imide groups is 1. The maximum Gasteiger partial charge on any atom is 0.327 e. The number of likely N-dealkylation sites (tertiary alicyclic amines) is 2. The van der Waals surface area contributed by atoms with Gasteiger partial charge in [0.1, 0.15) is 11.9 Å². The summed E-state index contributed by atoms with van der Waals surface area (Å²) in [6, 6.07) is 12.3. The number of nitrogens with one attached hydrogen (secondary N) is 1. The summed E-state index contributed by atoms with van der Waals surface area (Å²) < 4.78 is 0. The van der Waals surface area contributed by atoms with Gasteiger partial charge in [-0.1, -0.05) is 30.3 Å². The number of anilines is 1. The zero-order valence-corrected chi connectivity index (χ0v) is 17.5. The van der Waals surface area contributed by atoms with Gasteiger partial charge in [-0.25, -0.2) is 9.78 Å². The van der Waals surface area contributed by atoms with Gasteiger partial charge in [0.25, 0.3) is 0 Å². The van der Waals surface area contributed by atoms with Gasteiger partial charge in [0, 0.05) is 32.3 Å². The number of urea groups is 1. The third kappa shape index (κ3) is 4.10. The Morgan fingerprint density at radius 3 is 2.71 bits per heavy atom. The highest BCUT2D eigenvalue weighted by Crippen LogP contribution is 2.34. The third-order valence-electron chi connectivity index (χ3n) is 6.20. The number of piperidine rings is 1. The van der Waals surface area contributed by atoms with Crippen molar-refractivity contribution in [3.8, 4) is 0 Å². The molecule has 0 radical (unpaired) electrons.